The number of thioether (sulfide) groups is 1. The van der Waals surface area contributed by atoms with E-state index in [0.29, 0.717) is 34.9 Å². The average molecular weight is 484 g/mol. The Hall–Kier alpha value is -3.86. The summed E-state index contributed by atoms with van der Waals surface area (Å²) < 4.78 is 10.5. The van der Waals surface area contributed by atoms with Crippen LogP contribution >= 0.6 is 11.8 Å². The Morgan fingerprint density at radius 3 is 2.44 bits per heavy atom. The van der Waals surface area contributed by atoms with Crippen LogP contribution in [0.1, 0.15) is 20.3 Å². The van der Waals surface area contributed by atoms with Crippen LogP contribution in [0.2, 0.25) is 0 Å². The number of nitrogens with one attached hydrogen (secondary N) is 3. The molecule has 2 aromatic carbocycles. The van der Waals surface area contributed by atoms with E-state index in [1.165, 1.54) is 21.1 Å². The zero-order valence-electron chi connectivity index (χ0n) is 19.2. The summed E-state index contributed by atoms with van der Waals surface area (Å²) in [6.45, 7) is 3.24. The molecular weight excluding hydrogens is 458 g/mol. The van der Waals surface area contributed by atoms with Crippen molar-refractivity contribution in [1.29, 1.82) is 0 Å². The first-order valence-corrected chi connectivity index (χ1v) is 11.3. The first-order valence-electron chi connectivity index (χ1n) is 10.4. The Labute approximate surface area is 200 Å². The fraction of sp³-hybridized carbons (Fsp3) is 0.261. The molecule has 0 unspecified atom stereocenters. The number of anilines is 2. The van der Waals surface area contributed by atoms with Gasteiger partial charge in [0.2, 0.25) is 11.8 Å². The molecule has 11 heteroatoms. The van der Waals surface area contributed by atoms with E-state index in [1.807, 2.05) is 6.92 Å². The monoisotopic (exact) mass is 483 g/mol. The number of ether oxygens (including phenoxy) is 2. The number of aromatic nitrogens is 3. The van der Waals surface area contributed by atoms with Crippen LogP contribution in [-0.2, 0) is 9.59 Å². The number of para-hydroxylation sites is 1. The molecule has 1 heterocycles. The summed E-state index contributed by atoms with van der Waals surface area (Å²) in [6, 6.07) is 11.9. The van der Waals surface area contributed by atoms with Gasteiger partial charge in [-0.05, 0) is 24.6 Å². The van der Waals surface area contributed by atoms with Crippen LogP contribution in [-0.4, -0.2) is 46.5 Å². The number of carbonyl (C=O) groups excluding carboxylic acids is 2. The minimum absolute atomic E-state index is 0.0662. The van der Waals surface area contributed by atoms with Crippen molar-refractivity contribution in [3.05, 3.63) is 52.8 Å². The maximum atomic E-state index is 12.8. The van der Waals surface area contributed by atoms with Crippen molar-refractivity contribution in [2.24, 2.45) is 0 Å². The van der Waals surface area contributed by atoms with Crippen LogP contribution in [0.3, 0.4) is 0 Å². The highest BCUT2D eigenvalue weighted by Gasteiger charge is 2.21. The molecular formula is C23H25N5O5S. The zero-order chi connectivity index (χ0) is 24.7. The van der Waals surface area contributed by atoms with Crippen molar-refractivity contribution in [1.82, 2.24) is 15.2 Å². The SMILES string of the molecule is CC[C@H](Sc1nnc(-c2ccccc2NC(C)=O)c(=O)[nH]1)C(=O)Nc1ccc(OC)c(OC)c1. The second kappa shape index (κ2) is 11.3. The topological polar surface area (TPSA) is 135 Å². The van der Waals surface area contributed by atoms with Crippen LogP contribution in [0.25, 0.3) is 11.3 Å². The van der Waals surface area contributed by atoms with Gasteiger partial charge in [0.25, 0.3) is 5.56 Å². The molecule has 0 radical (unpaired) electrons. The molecule has 3 N–H and O–H groups in total. The second-order valence-corrected chi connectivity index (χ2v) is 8.30. The zero-order valence-corrected chi connectivity index (χ0v) is 20.0. The first kappa shape index (κ1) is 24.8. The summed E-state index contributed by atoms with van der Waals surface area (Å²) in [5.41, 5.74) is 1.03. The fourth-order valence-corrected chi connectivity index (χ4v) is 3.98. The van der Waals surface area contributed by atoms with E-state index in [-0.39, 0.29) is 22.7 Å². The number of H-pyrrole nitrogens is 1. The van der Waals surface area contributed by atoms with E-state index >= 15 is 0 Å². The van der Waals surface area contributed by atoms with Gasteiger partial charge in [-0.15, -0.1) is 10.2 Å². The van der Waals surface area contributed by atoms with E-state index in [0.717, 1.165) is 11.8 Å². The Morgan fingerprint density at radius 1 is 1.06 bits per heavy atom. The number of rotatable bonds is 9. The van der Waals surface area contributed by atoms with E-state index in [4.69, 9.17) is 9.47 Å². The predicted octanol–water partition coefficient (Wildman–Crippen LogP) is 3.32. The maximum absolute atomic E-state index is 12.8. The number of benzene rings is 2. The molecule has 2 amide bonds. The van der Waals surface area contributed by atoms with Crippen LogP contribution < -0.4 is 25.7 Å². The lowest BCUT2D eigenvalue weighted by Gasteiger charge is -2.15. The highest BCUT2D eigenvalue weighted by atomic mass is 32.2. The molecule has 1 atom stereocenters. The van der Waals surface area contributed by atoms with Crippen molar-refractivity contribution in [3.63, 3.8) is 0 Å². The molecule has 0 spiro atoms. The van der Waals surface area contributed by atoms with E-state index < -0.39 is 10.8 Å². The van der Waals surface area contributed by atoms with Crippen LogP contribution in [0.5, 0.6) is 11.5 Å². The average Bonchev–Trinajstić information content (AvgIpc) is 2.82. The standard InChI is InChI=1S/C23H25N5O5S/c1-5-19(21(30)25-14-10-11-17(32-3)18(12-14)33-4)34-23-26-22(31)20(27-28-23)15-8-6-7-9-16(15)24-13(2)29/h6-12,19H,5H2,1-4H3,(H,24,29)(H,25,30)(H,26,28,31)/t19-/m0/s1. The minimum atomic E-state index is -0.532. The van der Waals surface area contributed by atoms with Gasteiger partial charge < -0.3 is 20.1 Å². The lowest BCUT2D eigenvalue weighted by Crippen LogP contribution is -2.25. The van der Waals surface area contributed by atoms with Gasteiger partial charge in [0.05, 0.1) is 25.2 Å². The van der Waals surface area contributed by atoms with Gasteiger partial charge >= 0.3 is 0 Å². The van der Waals surface area contributed by atoms with Crippen LogP contribution in [0, 0.1) is 0 Å². The predicted molar refractivity (Wildman–Crippen MR) is 131 cm³/mol. The van der Waals surface area contributed by atoms with Crippen LogP contribution in [0.4, 0.5) is 11.4 Å². The van der Waals surface area contributed by atoms with E-state index in [9.17, 15) is 14.4 Å². The Bertz CT molecular complexity index is 1250. The molecule has 3 aromatic rings. The summed E-state index contributed by atoms with van der Waals surface area (Å²) in [7, 11) is 3.05. The highest BCUT2D eigenvalue weighted by Crippen LogP contribution is 2.31. The number of carbonyl (C=O) groups is 2. The summed E-state index contributed by atoms with van der Waals surface area (Å²) in [6.07, 6.45) is 0.487. The minimum Gasteiger partial charge on any atom is -0.493 e. The van der Waals surface area contributed by atoms with Crippen LogP contribution in [0.15, 0.2) is 52.4 Å². The number of hydrogen-bond acceptors (Lipinski definition) is 8. The third kappa shape index (κ3) is 5.93. The Balaban J connectivity index is 1.77. The van der Waals surface area contributed by atoms with E-state index in [2.05, 4.69) is 25.8 Å². The molecule has 0 aliphatic heterocycles. The van der Waals surface area contributed by atoms with Gasteiger partial charge in [0.1, 0.15) is 0 Å². The summed E-state index contributed by atoms with van der Waals surface area (Å²) in [5.74, 6) is 0.513. The maximum Gasteiger partial charge on any atom is 0.278 e. The lowest BCUT2D eigenvalue weighted by molar-refractivity contribution is -0.116. The number of methoxy groups -OCH3 is 2. The van der Waals surface area contributed by atoms with Crippen molar-refractivity contribution in [3.8, 4) is 22.8 Å². The number of aromatic amines is 1. The lowest BCUT2D eigenvalue weighted by atomic mass is 10.1. The molecule has 0 saturated carbocycles. The normalized spacial score (nSPS) is 11.4. The molecule has 0 saturated heterocycles. The third-order valence-electron chi connectivity index (χ3n) is 4.74. The van der Waals surface area contributed by atoms with Gasteiger partial charge in [-0.3, -0.25) is 19.4 Å². The van der Waals surface area contributed by atoms with Crippen molar-refractivity contribution in [2.75, 3.05) is 24.9 Å². The summed E-state index contributed by atoms with van der Waals surface area (Å²) >= 11 is 1.10. The van der Waals surface area contributed by atoms with Gasteiger partial charge in [0.15, 0.2) is 22.3 Å². The third-order valence-corrected chi connectivity index (χ3v) is 5.98. The number of nitrogens with zero attached hydrogens (tertiary/aromatic N) is 2. The molecule has 10 nitrogen and oxygen atoms in total. The van der Waals surface area contributed by atoms with Crippen molar-refractivity contribution < 1.29 is 19.1 Å². The van der Waals surface area contributed by atoms with Crippen molar-refractivity contribution in [2.45, 2.75) is 30.7 Å². The molecule has 34 heavy (non-hydrogen) atoms. The van der Waals surface area contributed by atoms with Crippen molar-refractivity contribution >= 4 is 35.0 Å². The van der Waals surface area contributed by atoms with E-state index in [1.54, 1.807) is 42.5 Å². The molecule has 3 rings (SSSR count). The molecule has 0 fully saturated rings. The largest absolute Gasteiger partial charge is 0.493 e. The Kier molecular flexibility index (Phi) is 8.25. The molecule has 178 valence electrons. The molecule has 1 aromatic heterocycles. The summed E-state index contributed by atoms with van der Waals surface area (Å²) in [4.78, 5) is 39.7. The first-order chi connectivity index (χ1) is 16.4. The fourth-order valence-electron chi connectivity index (χ4n) is 3.13. The smallest absolute Gasteiger partial charge is 0.278 e. The summed E-state index contributed by atoms with van der Waals surface area (Å²) in [5, 5.41) is 13.3. The Morgan fingerprint density at radius 2 is 1.79 bits per heavy atom. The quantitative estimate of drug-likeness (QED) is 0.395. The number of hydrogen-bond donors (Lipinski definition) is 3. The molecule has 0 bridgehead atoms. The second-order valence-electron chi connectivity index (χ2n) is 7.11. The molecule has 0 aliphatic carbocycles. The molecule has 0 aliphatic rings. The van der Waals surface area contributed by atoms with Gasteiger partial charge in [0, 0.05) is 24.2 Å². The number of amides is 2. The van der Waals surface area contributed by atoms with Gasteiger partial charge in [-0.2, -0.15) is 0 Å². The highest BCUT2D eigenvalue weighted by molar-refractivity contribution is 8.00. The van der Waals surface area contributed by atoms with Gasteiger partial charge in [-0.1, -0.05) is 36.9 Å². The van der Waals surface area contributed by atoms with Gasteiger partial charge in [-0.25, -0.2) is 0 Å².